The fraction of sp³-hybridized carbons (Fsp3) is 0.192. The van der Waals surface area contributed by atoms with Gasteiger partial charge in [0.15, 0.2) is 11.7 Å². The van der Waals surface area contributed by atoms with Crippen LogP contribution in [-0.4, -0.2) is 22.6 Å². The summed E-state index contributed by atoms with van der Waals surface area (Å²) in [4.78, 5) is 16.8. The highest BCUT2D eigenvalue weighted by atomic mass is 32.1. The zero-order valence-electron chi connectivity index (χ0n) is 18.5. The van der Waals surface area contributed by atoms with Crippen LogP contribution in [0.1, 0.15) is 35.9 Å². The van der Waals surface area contributed by atoms with Gasteiger partial charge in [-0.1, -0.05) is 50.2 Å². The van der Waals surface area contributed by atoms with Crippen LogP contribution < -0.4 is 15.4 Å². The van der Waals surface area contributed by atoms with Gasteiger partial charge >= 0.3 is 0 Å². The first-order chi connectivity index (χ1) is 16.0. The summed E-state index contributed by atoms with van der Waals surface area (Å²) in [6, 6.07) is 23.8. The van der Waals surface area contributed by atoms with Crippen molar-refractivity contribution in [2.45, 2.75) is 26.2 Å². The summed E-state index contributed by atoms with van der Waals surface area (Å²) in [5, 5.41) is 7.00. The molecule has 0 aliphatic rings. The lowest BCUT2D eigenvalue weighted by atomic mass is 10.0. The summed E-state index contributed by atoms with van der Waals surface area (Å²) in [5.74, 6) is 0.789. The van der Waals surface area contributed by atoms with Crippen LogP contribution in [-0.2, 0) is 11.2 Å². The number of amides is 1. The van der Waals surface area contributed by atoms with Gasteiger partial charge < -0.3 is 10.1 Å². The van der Waals surface area contributed by atoms with Crippen molar-refractivity contribution in [3.63, 3.8) is 0 Å². The van der Waals surface area contributed by atoms with Crippen LogP contribution in [0.25, 0.3) is 10.2 Å². The molecular weight excluding hydrogens is 450 g/mol. The maximum Gasteiger partial charge on any atom is 0.264 e. The normalized spacial score (nSPS) is 10.9. The highest BCUT2D eigenvalue weighted by Crippen LogP contribution is 2.24. The Morgan fingerprint density at radius 2 is 1.76 bits per heavy atom. The fourth-order valence-electron chi connectivity index (χ4n) is 3.30. The van der Waals surface area contributed by atoms with E-state index in [-0.39, 0.29) is 17.6 Å². The molecule has 0 fully saturated rings. The monoisotopic (exact) mass is 475 g/mol. The van der Waals surface area contributed by atoms with E-state index < -0.39 is 0 Å². The molecule has 5 nitrogen and oxygen atoms in total. The van der Waals surface area contributed by atoms with Crippen LogP contribution >= 0.6 is 23.6 Å². The molecule has 0 bridgehead atoms. The van der Waals surface area contributed by atoms with Crippen molar-refractivity contribution in [2.75, 3.05) is 11.9 Å². The molecule has 0 saturated carbocycles. The Bertz CT molecular complexity index is 1220. The lowest BCUT2D eigenvalue weighted by Gasteiger charge is -2.11. The first-order valence-electron chi connectivity index (χ1n) is 10.7. The Hall–Kier alpha value is -3.29. The number of carbonyl (C=O) groups is 1. The molecule has 0 aliphatic carbocycles. The number of para-hydroxylation sites is 1. The number of carbonyl (C=O) groups excluding carboxylic acids is 1. The number of rotatable bonds is 7. The van der Waals surface area contributed by atoms with Gasteiger partial charge in [0, 0.05) is 12.1 Å². The molecule has 1 heterocycles. The Labute approximate surface area is 202 Å². The molecule has 7 heteroatoms. The number of thiocarbonyl (C=S) groups is 1. The molecule has 1 amide bonds. The number of hydrogen-bond donors (Lipinski definition) is 2. The summed E-state index contributed by atoms with van der Waals surface area (Å²) in [6.45, 7) is 4.16. The molecule has 0 spiro atoms. The van der Waals surface area contributed by atoms with E-state index in [1.54, 1.807) is 11.3 Å². The number of aromatic nitrogens is 1. The van der Waals surface area contributed by atoms with Crippen LogP contribution in [0.2, 0.25) is 0 Å². The third kappa shape index (κ3) is 6.37. The third-order valence-electron chi connectivity index (χ3n) is 5.07. The van der Waals surface area contributed by atoms with E-state index >= 15 is 0 Å². The van der Waals surface area contributed by atoms with Gasteiger partial charge in [0.25, 0.3) is 5.91 Å². The number of nitrogens with zero attached hydrogens (tertiary/aromatic N) is 1. The number of hydrogen-bond acceptors (Lipinski definition) is 5. The van der Waals surface area contributed by atoms with E-state index in [1.165, 1.54) is 10.3 Å². The molecule has 168 valence electrons. The lowest BCUT2D eigenvalue weighted by Crippen LogP contribution is -2.37. The molecule has 0 radical (unpaired) electrons. The van der Waals surface area contributed by atoms with Gasteiger partial charge in [-0.15, -0.1) is 11.3 Å². The molecule has 1 aromatic heterocycles. The third-order valence-corrected chi connectivity index (χ3v) is 6.32. The van der Waals surface area contributed by atoms with Crippen molar-refractivity contribution in [1.29, 1.82) is 0 Å². The lowest BCUT2D eigenvalue weighted by molar-refractivity contribution is -0.121. The van der Waals surface area contributed by atoms with E-state index in [9.17, 15) is 4.79 Å². The summed E-state index contributed by atoms with van der Waals surface area (Å²) in [7, 11) is 0. The molecule has 0 aliphatic heterocycles. The first kappa shape index (κ1) is 22.9. The predicted octanol–water partition coefficient (Wildman–Crippen LogP) is 5.90. The zero-order valence-corrected chi connectivity index (χ0v) is 20.1. The Morgan fingerprint density at radius 1 is 1.03 bits per heavy atom. The van der Waals surface area contributed by atoms with E-state index in [0.717, 1.165) is 28.2 Å². The molecule has 0 saturated heterocycles. The Balaban J connectivity index is 1.24. The highest BCUT2D eigenvalue weighted by molar-refractivity contribution is 7.80. The van der Waals surface area contributed by atoms with Gasteiger partial charge in [-0.3, -0.25) is 10.1 Å². The number of fused-ring (bicyclic) bond motifs is 1. The second-order valence-electron chi connectivity index (χ2n) is 7.96. The number of nitrogens with one attached hydrogen (secondary N) is 2. The number of ether oxygens (including phenoxy) is 1. The topological polar surface area (TPSA) is 63.2 Å². The van der Waals surface area contributed by atoms with Gasteiger partial charge in [-0.2, -0.15) is 0 Å². The van der Waals surface area contributed by atoms with Crippen LogP contribution in [0.4, 0.5) is 5.69 Å². The number of thiazole rings is 1. The largest absolute Gasteiger partial charge is 0.484 e. The smallest absolute Gasteiger partial charge is 0.264 e. The molecule has 33 heavy (non-hydrogen) atoms. The van der Waals surface area contributed by atoms with Gasteiger partial charge in [0.05, 0.1) is 15.2 Å². The Kier molecular flexibility index (Phi) is 7.32. The fourth-order valence-corrected chi connectivity index (χ4v) is 4.53. The van der Waals surface area contributed by atoms with Crippen molar-refractivity contribution < 1.29 is 9.53 Å². The summed E-state index contributed by atoms with van der Waals surface area (Å²) >= 11 is 6.97. The maximum absolute atomic E-state index is 12.2. The van der Waals surface area contributed by atoms with Gasteiger partial charge in [0.2, 0.25) is 0 Å². The van der Waals surface area contributed by atoms with Crippen molar-refractivity contribution in [2.24, 2.45) is 0 Å². The summed E-state index contributed by atoms with van der Waals surface area (Å²) in [5.41, 5.74) is 4.22. The predicted molar refractivity (Wildman–Crippen MR) is 139 cm³/mol. The second-order valence-corrected chi connectivity index (χ2v) is 9.49. The zero-order chi connectivity index (χ0) is 23.2. The number of anilines is 1. The van der Waals surface area contributed by atoms with Crippen molar-refractivity contribution >= 4 is 50.5 Å². The average molecular weight is 476 g/mol. The molecule has 3 aromatic carbocycles. The average Bonchev–Trinajstić information content (AvgIpc) is 3.21. The molecule has 4 aromatic rings. The molecular formula is C26H25N3O2S2. The van der Waals surface area contributed by atoms with Crippen molar-refractivity contribution in [3.05, 3.63) is 88.9 Å². The van der Waals surface area contributed by atoms with Crippen LogP contribution in [0.3, 0.4) is 0 Å². The first-order valence-corrected chi connectivity index (χ1v) is 12.0. The second kappa shape index (κ2) is 10.6. The minimum Gasteiger partial charge on any atom is -0.484 e. The van der Waals surface area contributed by atoms with Crippen LogP contribution in [0, 0.1) is 0 Å². The van der Waals surface area contributed by atoms with Gasteiger partial charge in [-0.05, 0) is 65.7 Å². The Morgan fingerprint density at radius 3 is 2.45 bits per heavy atom. The highest BCUT2D eigenvalue weighted by Gasteiger charge is 2.08. The minimum atomic E-state index is -0.312. The standard InChI is InChI=1S/C26H25N3O2S2/c1-17(2)19-9-13-21(14-10-19)31-16-24(30)29-26(32)27-20-11-7-18(8-12-20)15-25-28-22-5-3-4-6-23(22)33-25/h3-14,17H,15-16H2,1-2H3,(H2,27,29,30,32). The molecule has 2 N–H and O–H groups in total. The summed E-state index contributed by atoms with van der Waals surface area (Å²) in [6.07, 6.45) is 0.774. The van der Waals surface area contributed by atoms with Crippen molar-refractivity contribution in [3.8, 4) is 5.75 Å². The minimum absolute atomic E-state index is 0.107. The number of benzene rings is 3. The van der Waals surface area contributed by atoms with Crippen LogP contribution in [0.15, 0.2) is 72.8 Å². The van der Waals surface area contributed by atoms with E-state index in [0.29, 0.717) is 11.7 Å². The molecule has 4 rings (SSSR count). The SMILES string of the molecule is CC(C)c1ccc(OCC(=O)NC(=S)Nc2ccc(Cc3nc4ccccc4s3)cc2)cc1. The van der Waals surface area contributed by atoms with E-state index in [4.69, 9.17) is 17.0 Å². The molecule has 0 unspecified atom stereocenters. The van der Waals surface area contributed by atoms with E-state index in [1.807, 2.05) is 66.7 Å². The van der Waals surface area contributed by atoms with Crippen LogP contribution in [0.5, 0.6) is 5.75 Å². The molecule has 0 atom stereocenters. The van der Waals surface area contributed by atoms with Crippen molar-refractivity contribution in [1.82, 2.24) is 10.3 Å². The van der Waals surface area contributed by atoms with Gasteiger partial charge in [0.1, 0.15) is 5.75 Å². The van der Waals surface area contributed by atoms with E-state index in [2.05, 4.69) is 35.5 Å². The quantitative estimate of drug-likeness (QED) is 0.326. The van der Waals surface area contributed by atoms with Gasteiger partial charge in [-0.25, -0.2) is 4.98 Å². The maximum atomic E-state index is 12.2. The summed E-state index contributed by atoms with van der Waals surface area (Å²) < 4.78 is 6.74.